The smallest absolute Gasteiger partial charge is 0.252 e. The number of benzene rings is 1. The van der Waals surface area contributed by atoms with Gasteiger partial charge in [0.15, 0.2) is 5.75 Å². The molecule has 0 atom stereocenters. The van der Waals surface area contributed by atoms with Crippen LogP contribution < -0.4 is 21.9 Å². The average molecular weight is 223 g/mol. The van der Waals surface area contributed by atoms with E-state index in [0.717, 1.165) is 0 Å². The topological polar surface area (TPSA) is 121 Å². The van der Waals surface area contributed by atoms with Crippen LogP contribution in [-0.2, 0) is 4.79 Å². The van der Waals surface area contributed by atoms with Gasteiger partial charge in [0.25, 0.3) is 5.91 Å². The van der Waals surface area contributed by atoms with Gasteiger partial charge in [-0.15, -0.1) is 0 Å². The van der Waals surface area contributed by atoms with Crippen molar-refractivity contribution in [2.75, 3.05) is 12.3 Å². The highest BCUT2D eigenvalue weighted by molar-refractivity contribution is 5.97. The monoisotopic (exact) mass is 223 g/mol. The number of carbonyl (C=O) groups is 2. The average Bonchev–Trinajstić information content (AvgIpc) is 2.19. The first kappa shape index (κ1) is 11.8. The molecule has 86 valence electrons. The van der Waals surface area contributed by atoms with E-state index >= 15 is 0 Å². The zero-order valence-electron chi connectivity index (χ0n) is 8.60. The Morgan fingerprint density at radius 3 is 2.50 bits per heavy atom. The second-order valence-corrected chi connectivity index (χ2v) is 3.15. The van der Waals surface area contributed by atoms with E-state index in [9.17, 15) is 9.59 Å². The zero-order valence-corrected chi connectivity index (χ0v) is 8.60. The largest absolute Gasteiger partial charge is 0.490 e. The highest BCUT2D eigenvalue weighted by atomic mass is 16.5. The third kappa shape index (κ3) is 2.88. The van der Waals surface area contributed by atoms with E-state index < -0.39 is 11.8 Å². The molecule has 6 nitrogen and oxygen atoms in total. The second-order valence-electron chi connectivity index (χ2n) is 3.15. The number of hydrogen-bond donors (Lipinski definition) is 3. The quantitative estimate of drug-likeness (QED) is 0.589. The molecule has 16 heavy (non-hydrogen) atoms. The predicted molar refractivity (Wildman–Crippen MR) is 58.7 cm³/mol. The maximum absolute atomic E-state index is 11.1. The fourth-order valence-electron chi connectivity index (χ4n) is 1.16. The van der Waals surface area contributed by atoms with E-state index in [1.165, 1.54) is 6.07 Å². The number of ether oxygens (including phenoxy) is 1. The van der Waals surface area contributed by atoms with Crippen molar-refractivity contribution in [1.82, 2.24) is 0 Å². The van der Waals surface area contributed by atoms with Crippen LogP contribution in [0.25, 0.3) is 0 Å². The summed E-state index contributed by atoms with van der Waals surface area (Å²) in [5.74, 6) is -0.937. The van der Waals surface area contributed by atoms with Gasteiger partial charge in [-0.1, -0.05) is 6.07 Å². The molecule has 0 unspecified atom stereocenters. The summed E-state index contributed by atoms with van der Waals surface area (Å²) in [6, 6.07) is 4.67. The van der Waals surface area contributed by atoms with E-state index in [2.05, 4.69) is 0 Å². The molecule has 0 radical (unpaired) electrons. The van der Waals surface area contributed by atoms with Crippen molar-refractivity contribution in [3.05, 3.63) is 23.8 Å². The summed E-state index contributed by atoms with van der Waals surface area (Å²) in [6.07, 6.45) is 0.0482. The molecule has 1 aromatic rings. The van der Waals surface area contributed by atoms with Gasteiger partial charge in [0.2, 0.25) is 5.91 Å². The number of carbonyl (C=O) groups excluding carboxylic acids is 2. The van der Waals surface area contributed by atoms with Gasteiger partial charge in [-0.2, -0.15) is 0 Å². The van der Waals surface area contributed by atoms with Crippen LogP contribution in [0.3, 0.4) is 0 Å². The number of nitrogen functional groups attached to an aromatic ring is 1. The number of anilines is 1. The van der Waals surface area contributed by atoms with Gasteiger partial charge >= 0.3 is 0 Å². The number of amides is 2. The number of hydrogen-bond acceptors (Lipinski definition) is 4. The number of para-hydroxylation sites is 1. The van der Waals surface area contributed by atoms with Crippen LogP contribution >= 0.6 is 0 Å². The fourth-order valence-corrected chi connectivity index (χ4v) is 1.16. The van der Waals surface area contributed by atoms with Crippen molar-refractivity contribution < 1.29 is 14.3 Å². The highest BCUT2D eigenvalue weighted by Crippen LogP contribution is 2.25. The standard InChI is InChI=1S/C10H13N3O3/c11-7-3-1-2-6(10(13)15)9(7)16-5-4-8(12)14/h1-3H,4-5,11H2,(H2,12,14)(H2,13,15). The van der Waals surface area contributed by atoms with Crippen LogP contribution in [0, 0.1) is 0 Å². The van der Waals surface area contributed by atoms with E-state index in [-0.39, 0.29) is 24.3 Å². The lowest BCUT2D eigenvalue weighted by Gasteiger charge is -2.11. The highest BCUT2D eigenvalue weighted by Gasteiger charge is 2.12. The molecule has 1 rings (SSSR count). The Bertz CT molecular complexity index is 418. The fraction of sp³-hybridized carbons (Fsp3) is 0.200. The first-order valence-corrected chi connectivity index (χ1v) is 4.61. The Hall–Kier alpha value is -2.24. The molecule has 1 aromatic carbocycles. The lowest BCUT2D eigenvalue weighted by atomic mass is 10.1. The van der Waals surface area contributed by atoms with Crippen LogP contribution in [0.15, 0.2) is 18.2 Å². The van der Waals surface area contributed by atoms with Gasteiger partial charge in [-0.3, -0.25) is 9.59 Å². The lowest BCUT2D eigenvalue weighted by molar-refractivity contribution is -0.118. The van der Waals surface area contributed by atoms with Crippen molar-refractivity contribution in [1.29, 1.82) is 0 Å². The van der Waals surface area contributed by atoms with Gasteiger partial charge in [0.1, 0.15) is 0 Å². The molecule has 0 fully saturated rings. The van der Waals surface area contributed by atoms with Gasteiger partial charge in [-0.25, -0.2) is 0 Å². The van der Waals surface area contributed by atoms with Crippen molar-refractivity contribution in [2.45, 2.75) is 6.42 Å². The summed E-state index contributed by atoms with van der Waals surface area (Å²) >= 11 is 0. The SMILES string of the molecule is NC(=O)CCOc1c(N)cccc1C(N)=O. The summed E-state index contributed by atoms with van der Waals surface area (Å²) in [5, 5.41) is 0. The van der Waals surface area contributed by atoms with Crippen LogP contribution in [0.2, 0.25) is 0 Å². The van der Waals surface area contributed by atoms with Crippen LogP contribution in [0.5, 0.6) is 5.75 Å². The molecule has 2 amide bonds. The van der Waals surface area contributed by atoms with Gasteiger partial charge in [0, 0.05) is 0 Å². The maximum Gasteiger partial charge on any atom is 0.252 e. The van der Waals surface area contributed by atoms with Crippen molar-refractivity contribution in [2.24, 2.45) is 11.5 Å². The van der Waals surface area contributed by atoms with Crippen molar-refractivity contribution in [3.63, 3.8) is 0 Å². The van der Waals surface area contributed by atoms with Crippen LogP contribution in [0.4, 0.5) is 5.69 Å². The Morgan fingerprint density at radius 2 is 1.94 bits per heavy atom. The van der Waals surface area contributed by atoms with E-state index in [1.807, 2.05) is 0 Å². The first-order valence-electron chi connectivity index (χ1n) is 4.61. The van der Waals surface area contributed by atoms with Gasteiger partial charge in [0.05, 0.1) is 24.3 Å². The molecule has 0 bridgehead atoms. The molecule has 0 spiro atoms. The molecule has 0 heterocycles. The zero-order chi connectivity index (χ0) is 12.1. The predicted octanol–water partition coefficient (Wildman–Crippen LogP) is -0.378. The molecule has 6 heteroatoms. The molecule has 0 aromatic heterocycles. The molecular weight excluding hydrogens is 210 g/mol. The Labute approximate surface area is 92.3 Å². The summed E-state index contributed by atoms with van der Waals surface area (Å²) in [6.45, 7) is 0.0594. The molecule has 0 saturated carbocycles. The molecule has 0 aliphatic rings. The van der Waals surface area contributed by atoms with E-state index in [0.29, 0.717) is 5.69 Å². The molecule has 0 saturated heterocycles. The number of rotatable bonds is 5. The third-order valence-electron chi connectivity index (χ3n) is 1.91. The summed E-state index contributed by atoms with van der Waals surface area (Å²) < 4.78 is 5.21. The van der Waals surface area contributed by atoms with Crippen LogP contribution in [-0.4, -0.2) is 18.4 Å². The van der Waals surface area contributed by atoms with Crippen molar-refractivity contribution >= 4 is 17.5 Å². The first-order chi connectivity index (χ1) is 7.52. The maximum atomic E-state index is 11.1. The number of nitrogens with two attached hydrogens (primary N) is 3. The van der Waals surface area contributed by atoms with Crippen LogP contribution in [0.1, 0.15) is 16.8 Å². The van der Waals surface area contributed by atoms with E-state index in [4.69, 9.17) is 21.9 Å². The number of primary amides is 2. The molecule has 0 aliphatic carbocycles. The van der Waals surface area contributed by atoms with Gasteiger partial charge < -0.3 is 21.9 Å². The minimum absolute atomic E-state index is 0.0482. The van der Waals surface area contributed by atoms with Gasteiger partial charge in [-0.05, 0) is 12.1 Å². The lowest BCUT2D eigenvalue weighted by Crippen LogP contribution is -2.17. The molecule has 0 aliphatic heterocycles. The second kappa shape index (κ2) is 5.01. The molecule has 6 N–H and O–H groups in total. The summed E-state index contributed by atoms with van der Waals surface area (Å²) in [5.41, 5.74) is 16.2. The summed E-state index contributed by atoms with van der Waals surface area (Å²) in [7, 11) is 0. The minimum atomic E-state index is -0.638. The Balaban J connectivity index is 2.84. The summed E-state index contributed by atoms with van der Waals surface area (Å²) in [4.78, 5) is 21.6. The minimum Gasteiger partial charge on any atom is -0.490 e. The third-order valence-corrected chi connectivity index (χ3v) is 1.91. The Kier molecular flexibility index (Phi) is 3.71. The van der Waals surface area contributed by atoms with Crippen molar-refractivity contribution in [3.8, 4) is 5.75 Å². The normalized spacial score (nSPS) is 9.75. The van der Waals surface area contributed by atoms with E-state index in [1.54, 1.807) is 12.1 Å². The molecular formula is C10H13N3O3. The Morgan fingerprint density at radius 1 is 1.25 bits per heavy atom.